The Kier molecular flexibility index (Phi) is 9.09. The number of benzene rings is 3. The second-order valence-electron chi connectivity index (χ2n) is 11.2. The standard InChI is InChI=1S/C31H36FN3O7S/c1-20-15-35(21(2)18-36)31(37)14-23-13-25(33-43(38,39)26-8-5-24(32)6-9-26)7-11-27(23)42-30(20)17-34(3)16-22-4-10-28-29(12-22)41-19-40-28/h4-13,20-21,30,33,36H,14-19H2,1-3H3/t20-,21-,30-/m0/s1. The van der Waals surface area contributed by atoms with Gasteiger partial charge in [-0.05, 0) is 74.1 Å². The van der Waals surface area contributed by atoms with E-state index in [9.17, 15) is 22.7 Å². The summed E-state index contributed by atoms with van der Waals surface area (Å²) in [4.78, 5) is 17.2. The van der Waals surface area contributed by atoms with Gasteiger partial charge in [-0.3, -0.25) is 14.4 Å². The van der Waals surface area contributed by atoms with Gasteiger partial charge in [0, 0.05) is 36.8 Å². The van der Waals surface area contributed by atoms with Crippen molar-refractivity contribution < 1.29 is 36.9 Å². The van der Waals surface area contributed by atoms with Crippen molar-refractivity contribution in [3.05, 3.63) is 77.6 Å². The minimum absolute atomic E-state index is 0.0434. The molecule has 3 aromatic rings. The van der Waals surface area contributed by atoms with Crippen LogP contribution in [0.25, 0.3) is 0 Å². The van der Waals surface area contributed by atoms with Crippen molar-refractivity contribution in [1.82, 2.24) is 9.80 Å². The van der Waals surface area contributed by atoms with Crippen molar-refractivity contribution in [3.63, 3.8) is 0 Å². The number of fused-ring (bicyclic) bond motifs is 2. The molecule has 12 heteroatoms. The zero-order valence-corrected chi connectivity index (χ0v) is 25.1. The quantitative estimate of drug-likeness (QED) is 0.376. The second-order valence-corrected chi connectivity index (χ2v) is 12.8. The maximum atomic E-state index is 13.5. The number of hydrogen-bond donors (Lipinski definition) is 2. The number of sulfonamides is 1. The fourth-order valence-electron chi connectivity index (χ4n) is 5.26. The molecule has 0 spiro atoms. The number of hydrogen-bond acceptors (Lipinski definition) is 8. The fourth-order valence-corrected chi connectivity index (χ4v) is 6.31. The summed E-state index contributed by atoms with van der Waals surface area (Å²) in [5.74, 6) is 1.07. The third kappa shape index (κ3) is 7.20. The van der Waals surface area contributed by atoms with E-state index in [4.69, 9.17) is 14.2 Å². The van der Waals surface area contributed by atoms with Crippen LogP contribution in [0.15, 0.2) is 65.6 Å². The molecule has 10 nitrogen and oxygen atoms in total. The van der Waals surface area contributed by atoms with Crippen LogP contribution in [0.4, 0.5) is 10.1 Å². The van der Waals surface area contributed by atoms with Gasteiger partial charge in [0.15, 0.2) is 11.5 Å². The highest BCUT2D eigenvalue weighted by Crippen LogP contribution is 2.33. The van der Waals surface area contributed by atoms with Crippen molar-refractivity contribution in [1.29, 1.82) is 0 Å². The van der Waals surface area contributed by atoms with Gasteiger partial charge >= 0.3 is 0 Å². The topological polar surface area (TPSA) is 118 Å². The molecule has 0 aliphatic carbocycles. The third-order valence-corrected chi connectivity index (χ3v) is 9.07. The van der Waals surface area contributed by atoms with Crippen LogP contribution >= 0.6 is 0 Å². The van der Waals surface area contributed by atoms with E-state index in [-0.39, 0.29) is 48.3 Å². The Bertz CT molecular complexity index is 1570. The van der Waals surface area contributed by atoms with E-state index < -0.39 is 21.9 Å². The van der Waals surface area contributed by atoms with Gasteiger partial charge < -0.3 is 24.2 Å². The van der Waals surface area contributed by atoms with Crippen LogP contribution in [0.2, 0.25) is 0 Å². The first kappa shape index (κ1) is 30.6. The molecule has 2 aliphatic heterocycles. The van der Waals surface area contributed by atoms with Crippen LogP contribution in [0, 0.1) is 11.7 Å². The highest BCUT2D eigenvalue weighted by Gasteiger charge is 2.31. The molecule has 1 amide bonds. The Morgan fingerprint density at radius 3 is 2.53 bits per heavy atom. The van der Waals surface area contributed by atoms with Crippen molar-refractivity contribution in [2.45, 2.75) is 43.9 Å². The number of likely N-dealkylation sites (N-methyl/N-ethyl adjacent to an activating group) is 1. The van der Waals surface area contributed by atoms with Crippen molar-refractivity contribution in [2.24, 2.45) is 5.92 Å². The number of aliphatic hydroxyl groups excluding tert-OH is 1. The van der Waals surface area contributed by atoms with Gasteiger partial charge in [-0.1, -0.05) is 13.0 Å². The monoisotopic (exact) mass is 613 g/mol. The summed E-state index contributed by atoms with van der Waals surface area (Å²) in [7, 11) is -2.01. The first-order valence-corrected chi connectivity index (χ1v) is 15.6. The normalized spacial score (nSPS) is 19.2. The summed E-state index contributed by atoms with van der Waals surface area (Å²) in [5.41, 5.74) is 1.80. The number of carbonyl (C=O) groups excluding carboxylic acids is 1. The highest BCUT2D eigenvalue weighted by molar-refractivity contribution is 7.92. The molecular formula is C31H36FN3O7S. The van der Waals surface area contributed by atoms with E-state index in [2.05, 4.69) is 9.62 Å². The zero-order chi connectivity index (χ0) is 30.7. The number of rotatable bonds is 9. The maximum absolute atomic E-state index is 13.5. The molecule has 2 aliphatic rings. The Morgan fingerprint density at radius 1 is 1.07 bits per heavy atom. The Labute approximate surface area is 251 Å². The molecule has 2 N–H and O–H groups in total. The van der Waals surface area contributed by atoms with Crippen molar-refractivity contribution in [3.8, 4) is 17.2 Å². The lowest BCUT2D eigenvalue weighted by molar-refractivity contribution is -0.134. The third-order valence-electron chi connectivity index (χ3n) is 7.67. The van der Waals surface area contributed by atoms with E-state index in [0.29, 0.717) is 36.7 Å². The summed E-state index contributed by atoms with van der Waals surface area (Å²) in [6, 6.07) is 14.8. The van der Waals surface area contributed by atoms with Crippen LogP contribution in [0.1, 0.15) is 25.0 Å². The van der Waals surface area contributed by atoms with Gasteiger partial charge in [-0.25, -0.2) is 12.8 Å². The smallest absolute Gasteiger partial charge is 0.261 e. The Morgan fingerprint density at radius 2 is 1.79 bits per heavy atom. The minimum Gasteiger partial charge on any atom is -0.488 e. The molecule has 0 bridgehead atoms. The van der Waals surface area contributed by atoms with Gasteiger partial charge in [0.1, 0.15) is 17.7 Å². The van der Waals surface area contributed by atoms with Crippen molar-refractivity contribution in [2.75, 3.05) is 38.3 Å². The fraction of sp³-hybridized carbons (Fsp3) is 0.387. The summed E-state index contributed by atoms with van der Waals surface area (Å²) in [6.07, 6.45) is -0.378. The van der Waals surface area contributed by atoms with Crippen LogP contribution < -0.4 is 18.9 Å². The number of halogens is 1. The van der Waals surface area contributed by atoms with Gasteiger partial charge in [0.25, 0.3) is 10.0 Å². The van der Waals surface area contributed by atoms with Gasteiger partial charge in [-0.15, -0.1) is 0 Å². The number of carbonyl (C=O) groups is 1. The molecule has 3 atom stereocenters. The molecule has 0 fully saturated rings. The summed E-state index contributed by atoms with van der Waals surface area (Å²) in [5, 5.41) is 9.91. The number of aliphatic hydroxyl groups is 1. The lowest BCUT2D eigenvalue weighted by atomic mass is 10.0. The molecular weight excluding hydrogens is 577 g/mol. The molecule has 0 radical (unpaired) electrons. The lowest BCUT2D eigenvalue weighted by Crippen LogP contribution is -2.47. The molecule has 0 saturated heterocycles. The number of nitrogens with zero attached hydrogens (tertiary/aromatic N) is 2. The molecule has 2 heterocycles. The van der Waals surface area contributed by atoms with E-state index >= 15 is 0 Å². The maximum Gasteiger partial charge on any atom is 0.261 e. The minimum atomic E-state index is -4.00. The van der Waals surface area contributed by atoms with Crippen LogP contribution in [-0.2, 0) is 27.8 Å². The predicted octanol–water partition coefficient (Wildman–Crippen LogP) is 3.64. The molecule has 5 rings (SSSR count). The average molecular weight is 614 g/mol. The molecule has 0 saturated carbocycles. The van der Waals surface area contributed by atoms with Gasteiger partial charge in [0.2, 0.25) is 12.7 Å². The van der Waals surface area contributed by atoms with E-state index in [1.807, 2.05) is 32.2 Å². The number of ether oxygens (including phenoxy) is 3. The summed E-state index contributed by atoms with van der Waals surface area (Å²) >= 11 is 0. The summed E-state index contributed by atoms with van der Waals surface area (Å²) in [6.45, 7) is 5.34. The number of amides is 1. The van der Waals surface area contributed by atoms with Crippen LogP contribution in [-0.4, -0.2) is 74.9 Å². The molecule has 230 valence electrons. The van der Waals surface area contributed by atoms with Crippen LogP contribution in [0.3, 0.4) is 0 Å². The zero-order valence-electron chi connectivity index (χ0n) is 24.3. The SMILES string of the molecule is C[C@H]1CN([C@@H](C)CO)C(=O)Cc2cc(NS(=O)(=O)c3ccc(F)cc3)ccc2O[C@H]1CN(C)Cc1ccc2c(c1)OCO2. The molecule has 0 aromatic heterocycles. The van der Waals surface area contributed by atoms with Crippen molar-refractivity contribution >= 4 is 21.6 Å². The second kappa shape index (κ2) is 12.8. The number of nitrogens with one attached hydrogen (secondary N) is 1. The lowest BCUT2D eigenvalue weighted by Gasteiger charge is -2.34. The van der Waals surface area contributed by atoms with E-state index in [1.165, 1.54) is 12.1 Å². The van der Waals surface area contributed by atoms with Crippen LogP contribution in [0.5, 0.6) is 17.2 Å². The van der Waals surface area contributed by atoms with Gasteiger partial charge in [-0.2, -0.15) is 0 Å². The van der Waals surface area contributed by atoms with E-state index in [0.717, 1.165) is 23.4 Å². The largest absolute Gasteiger partial charge is 0.488 e. The van der Waals surface area contributed by atoms with Gasteiger partial charge in [0.05, 0.1) is 24.0 Å². The average Bonchev–Trinajstić information content (AvgIpc) is 3.45. The number of anilines is 1. The predicted molar refractivity (Wildman–Crippen MR) is 158 cm³/mol. The first-order valence-electron chi connectivity index (χ1n) is 14.1. The Balaban J connectivity index is 1.40. The Hall–Kier alpha value is -3.87. The summed E-state index contributed by atoms with van der Waals surface area (Å²) < 4.78 is 59.2. The molecule has 3 aromatic carbocycles. The highest BCUT2D eigenvalue weighted by atomic mass is 32.2. The molecule has 0 unspecified atom stereocenters. The molecule has 43 heavy (non-hydrogen) atoms. The first-order chi connectivity index (χ1) is 20.5. The van der Waals surface area contributed by atoms with E-state index in [1.54, 1.807) is 30.0 Å².